The average Bonchev–Trinajstić information content (AvgIpc) is 2.73. The fourth-order valence-electron chi connectivity index (χ4n) is 2.93. The summed E-state index contributed by atoms with van der Waals surface area (Å²) in [5.74, 6) is 0. The van der Waals surface area contributed by atoms with Crippen molar-refractivity contribution in [2.45, 2.75) is 26.3 Å². The summed E-state index contributed by atoms with van der Waals surface area (Å²) in [6, 6.07) is 15.8. The van der Waals surface area contributed by atoms with E-state index in [-0.39, 0.29) is 0 Å². The molecule has 3 aromatic rings. The molecule has 0 fully saturated rings. The molecular weight excluding hydrogens is 232 g/mol. The molecule has 0 atom stereocenters. The van der Waals surface area contributed by atoms with Gasteiger partial charge in [-0.05, 0) is 50.6 Å². The summed E-state index contributed by atoms with van der Waals surface area (Å²) >= 11 is 0. The number of aromatic nitrogens is 1. The summed E-state index contributed by atoms with van der Waals surface area (Å²) in [5.41, 5.74) is 9.62. The van der Waals surface area contributed by atoms with E-state index in [0.29, 0.717) is 12.6 Å². The topological polar surface area (TPSA) is 30.9 Å². The van der Waals surface area contributed by atoms with Crippen molar-refractivity contribution in [3.05, 3.63) is 48.0 Å². The molecule has 0 saturated heterocycles. The Balaban J connectivity index is 2.38. The number of nitrogens with two attached hydrogens (primary N) is 1. The Morgan fingerprint density at radius 3 is 2.47 bits per heavy atom. The highest BCUT2D eigenvalue weighted by atomic mass is 15.0. The van der Waals surface area contributed by atoms with E-state index >= 15 is 0 Å². The van der Waals surface area contributed by atoms with Crippen molar-refractivity contribution < 1.29 is 0 Å². The molecule has 19 heavy (non-hydrogen) atoms. The zero-order chi connectivity index (χ0) is 13.4. The third-order valence-electron chi connectivity index (χ3n) is 3.72. The summed E-state index contributed by atoms with van der Waals surface area (Å²) in [7, 11) is 0. The van der Waals surface area contributed by atoms with E-state index in [1.165, 1.54) is 27.4 Å². The van der Waals surface area contributed by atoms with Crippen LogP contribution in [0.4, 0.5) is 0 Å². The van der Waals surface area contributed by atoms with Crippen molar-refractivity contribution in [3.8, 4) is 0 Å². The lowest BCUT2D eigenvalue weighted by Crippen LogP contribution is -2.03. The second-order valence-corrected chi connectivity index (χ2v) is 5.37. The molecular formula is C17H20N2. The number of nitrogens with zero attached hydrogens (tertiary/aromatic N) is 1. The SMILES string of the molecule is CC(C)n1c2ccccc2c2cc(CCN)ccc21. The molecule has 2 heteroatoms. The van der Waals surface area contributed by atoms with Crippen LogP contribution in [0.25, 0.3) is 21.8 Å². The zero-order valence-corrected chi connectivity index (χ0v) is 11.6. The van der Waals surface area contributed by atoms with E-state index in [0.717, 1.165) is 6.42 Å². The molecule has 0 radical (unpaired) electrons. The lowest BCUT2D eigenvalue weighted by Gasteiger charge is -2.11. The van der Waals surface area contributed by atoms with E-state index < -0.39 is 0 Å². The number of hydrogen-bond donors (Lipinski definition) is 1. The van der Waals surface area contributed by atoms with Crippen molar-refractivity contribution in [2.75, 3.05) is 6.54 Å². The Labute approximate surface area is 113 Å². The van der Waals surface area contributed by atoms with Gasteiger partial charge in [0.25, 0.3) is 0 Å². The predicted octanol–water partition coefficient (Wildman–Crippen LogP) is 3.88. The molecule has 2 N–H and O–H groups in total. The van der Waals surface area contributed by atoms with Crippen LogP contribution < -0.4 is 5.73 Å². The van der Waals surface area contributed by atoms with Crippen LogP contribution in [-0.4, -0.2) is 11.1 Å². The molecule has 2 nitrogen and oxygen atoms in total. The van der Waals surface area contributed by atoms with Gasteiger partial charge in [0.05, 0.1) is 0 Å². The van der Waals surface area contributed by atoms with Gasteiger partial charge in [0.2, 0.25) is 0 Å². The molecule has 2 aromatic carbocycles. The smallest absolute Gasteiger partial charge is 0.0493 e. The summed E-state index contributed by atoms with van der Waals surface area (Å²) in [4.78, 5) is 0. The lowest BCUT2D eigenvalue weighted by atomic mass is 10.1. The van der Waals surface area contributed by atoms with Crippen molar-refractivity contribution in [2.24, 2.45) is 5.73 Å². The van der Waals surface area contributed by atoms with Gasteiger partial charge in [-0.2, -0.15) is 0 Å². The van der Waals surface area contributed by atoms with E-state index in [1.54, 1.807) is 0 Å². The molecule has 0 amide bonds. The maximum atomic E-state index is 5.67. The molecule has 3 rings (SSSR count). The lowest BCUT2D eigenvalue weighted by molar-refractivity contribution is 0.642. The van der Waals surface area contributed by atoms with Gasteiger partial charge in [0, 0.05) is 27.8 Å². The van der Waals surface area contributed by atoms with Crippen LogP contribution >= 0.6 is 0 Å². The maximum absolute atomic E-state index is 5.67. The molecule has 98 valence electrons. The monoisotopic (exact) mass is 252 g/mol. The number of para-hydroxylation sites is 1. The van der Waals surface area contributed by atoms with Crippen LogP contribution in [0.3, 0.4) is 0 Å². The molecule has 0 aliphatic carbocycles. The minimum Gasteiger partial charge on any atom is -0.338 e. The van der Waals surface area contributed by atoms with E-state index in [4.69, 9.17) is 5.73 Å². The maximum Gasteiger partial charge on any atom is 0.0493 e. The van der Waals surface area contributed by atoms with Crippen LogP contribution in [0, 0.1) is 0 Å². The Hall–Kier alpha value is -1.80. The fraction of sp³-hybridized carbons (Fsp3) is 0.294. The van der Waals surface area contributed by atoms with E-state index in [2.05, 4.69) is 60.9 Å². The summed E-state index contributed by atoms with van der Waals surface area (Å²) < 4.78 is 2.41. The Morgan fingerprint density at radius 1 is 1.00 bits per heavy atom. The summed E-state index contributed by atoms with van der Waals surface area (Å²) in [6.07, 6.45) is 0.942. The zero-order valence-electron chi connectivity index (χ0n) is 11.6. The standard InChI is InChI=1S/C17H20N2/c1-12(2)19-16-6-4-3-5-14(16)15-11-13(9-10-18)7-8-17(15)19/h3-8,11-12H,9-10,18H2,1-2H3. The highest BCUT2D eigenvalue weighted by Crippen LogP contribution is 2.32. The first-order valence-electron chi connectivity index (χ1n) is 6.94. The highest BCUT2D eigenvalue weighted by Gasteiger charge is 2.12. The predicted molar refractivity (Wildman–Crippen MR) is 82.6 cm³/mol. The van der Waals surface area contributed by atoms with Crippen LogP contribution in [0.15, 0.2) is 42.5 Å². The number of rotatable bonds is 3. The Bertz CT molecular complexity index is 723. The molecule has 1 aromatic heterocycles. The molecule has 0 bridgehead atoms. The quantitative estimate of drug-likeness (QED) is 0.753. The van der Waals surface area contributed by atoms with Crippen LogP contribution in [-0.2, 0) is 6.42 Å². The van der Waals surface area contributed by atoms with E-state index in [9.17, 15) is 0 Å². The minimum atomic E-state index is 0.461. The van der Waals surface area contributed by atoms with Gasteiger partial charge in [-0.15, -0.1) is 0 Å². The molecule has 0 spiro atoms. The van der Waals surface area contributed by atoms with Gasteiger partial charge in [-0.1, -0.05) is 24.3 Å². The van der Waals surface area contributed by atoms with Gasteiger partial charge in [-0.3, -0.25) is 0 Å². The van der Waals surface area contributed by atoms with Crippen molar-refractivity contribution in [3.63, 3.8) is 0 Å². The van der Waals surface area contributed by atoms with Gasteiger partial charge in [-0.25, -0.2) is 0 Å². The summed E-state index contributed by atoms with van der Waals surface area (Å²) in [6.45, 7) is 5.17. The first kappa shape index (κ1) is 12.2. The molecule has 0 aliphatic rings. The van der Waals surface area contributed by atoms with Gasteiger partial charge >= 0.3 is 0 Å². The Morgan fingerprint density at radius 2 is 1.74 bits per heavy atom. The molecule has 0 saturated carbocycles. The van der Waals surface area contributed by atoms with E-state index in [1.807, 2.05) is 0 Å². The minimum absolute atomic E-state index is 0.461. The summed E-state index contributed by atoms with van der Waals surface area (Å²) in [5, 5.41) is 2.68. The number of benzene rings is 2. The van der Waals surface area contributed by atoms with Crippen LogP contribution in [0.1, 0.15) is 25.5 Å². The Kier molecular flexibility index (Phi) is 3.03. The third kappa shape index (κ3) is 1.92. The van der Waals surface area contributed by atoms with Crippen LogP contribution in [0.2, 0.25) is 0 Å². The second-order valence-electron chi connectivity index (χ2n) is 5.37. The van der Waals surface area contributed by atoms with Crippen molar-refractivity contribution in [1.29, 1.82) is 0 Å². The fourth-order valence-corrected chi connectivity index (χ4v) is 2.93. The van der Waals surface area contributed by atoms with Crippen molar-refractivity contribution in [1.82, 2.24) is 4.57 Å². The molecule has 0 aliphatic heterocycles. The normalized spacial score (nSPS) is 11.8. The van der Waals surface area contributed by atoms with Crippen LogP contribution in [0.5, 0.6) is 0 Å². The average molecular weight is 252 g/mol. The first-order valence-corrected chi connectivity index (χ1v) is 6.94. The first-order chi connectivity index (χ1) is 9.22. The van der Waals surface area contributed by atoms with Gasteiger partial charge in [0.15, 0.2) is 0 Å². The second kappa shape index (κ2) is 4.71. The van der Waals surface area contributed by atoms with Gasteiger partial charge in [0.1, 0.15) is 0 Å². The molecule has 1 heterocycles. The van der Waals surface area contributed by atoms with Crippen molar-refractivity contribution >= 4 is 21.8 Å². The number of fused-ring (bicyclic) bond motifs is 3. The largest absolute Gasteiger partial charge is 0.338 e. The highest BCUT2D eigenvalue weighted by molar-refractivity contribution is 6.08. The molecule has 0 unspecified atom stereocenters. The van der Waals surface area contributed by atoms with Gasteiger partial charge < -0.3 is 10.3 Å². The third-order valence-corrected chi connectivity index (χ3v) is 3.72. The number of hydrogen-bond acceptors (Lipinski definition) is 1.